The van der Waals surface area contributed by atoms with Crippen LogP contribution in [-0.2, 0) is 14.4 Å². The van der Waals surface area contributed by atoms with Gasteiger partial charge in [0.25, 0.3) is 0 Å². The van der Waals surface area contributed by atoms with Crippen molar-refractivity contribution < 1.29 is 19.5 Å². The molecule has 24 heavy (non-hydrogen) atoms. The minimum absolute atomic E-state index is 0.0303. The molecule has 0 heterocycles. The van der Waals surface area contributed by atoms with E-state index in [4.69, 9.17) is 10.8 Å². The highest BCUT2D eigenvalue weighted by Crippen LogP contribution is 2.15. The third kappa shape index (κ3) is 7.23. The minimum atomic E-state index is -1.12. The molecule has 132 valence electrons. The number of carbonyl (C=O) groups excluding carboxylic acids is 2. The number of benzene rings is 1. The van der Waals surface area contributed by atoms with E-state index in [0.29, 0.717) is 6.42 Å². The molecule has 2 atom stereocenters. The molecule has 7 nitrogen and oxygen atoms in total. The summed E-state index contributed by atoms with van der Waals surface area (Å²) in [5.74, 6) is -1.73. The summed E-state index contributed by atoms with van der Waals surface area (Å²) < 4.78 is 0. The molecule has 0 saturated carbocycles. The van der Waals surface area contributed by atoms with E-state index in [9.17, 15) is 14.4 Å². The molecule has 5 N–H and O–H groups in total. The molecule has 7 heteroatoms. The van der Waals surface area contributed by atoms with Gasteiger partial charge in [0.15, 0.2) is 0 Å². The van der Waals surface area contributed by atoms with E-state index in [1.54, 1.807) is 0 Å². The maximum absolute atomic E-state index is 12.0. The van der Waals surface area contributed by atoms with Gasteiger partial charge in [-0.1, -0.05) is 37.3 Å². The zero-order chi connectivity index (χ0) is 17.9. The van der Waals surface area contributed by atoms with E-state index in [1.165, 1.54) is 0 Å². The van der Waals surface area contributed by atoms with E-state index in [-0.39, 0.29) is 24.9 Å². The molecular weight excluding hydrogens is 310 g/mol. The fourth-order valence-corrected chi connectivity index (χ4v) is 2.25. The second-order valence-electron chi connectivity index (χ2n) is 5.54. The van der Waals surface area contributed by atoms with Crippen molar-refractivity contribution in [2.75, 3.05) is 6.54 Å². The van der Waals surface area contributed by atoms with Crippen LogP contribution in [0.3, 0.4) is 0 Å². The monoisotopic (exact) mass is 335 g/mol. The predicted octanol–water partition coefficient (Wildman–Crippen LogP) is 0.952. The Balaban J connectivity index is 2.28. The van der Waals surface area contributed by atoms with Crippen LogP contribution in [0.5, 0.6) is 0 Å². The SMILES string of the molecule is CC[C@H](NC(=O)CCCNC(=O)C(N)CC(=O)O)c1ccccc1. The van der Waals surface area contributed by atoms with Crippen LogP contribution in [-0.4, -0.2) is 35.5 Å². The third-order valence-corrected chi connectivity index (χ3v) is 3.56. The summed E-state index contributed by atoms with van der Waals surface area (Å²) in [4.78, 5) is 34.0. The highest BCUT2D eigenvalue weighted by Gasteiger charge is 2.16. The molecule has 1 unspecified atom stereocenters. The number of carboxylic acid groups (broad SMARTS) is 1. The van der Waals surface area contributed by atoms with Crippen LogP contribution in [0.2, 0.25) is 0 Å². The van der Waals surface area contributed by atoms with Crippen LogP contribution in [0.1, 0.15) is 44.2 Å². The maximum Gasteiger partial charge on any atom is 0.305 e. The molecule has 1 aromatic carbocycles. The van der Waals surface area contributed by atoms with Gasteiger partial charge in [-0.25, -0.2) is 0 Å². The van der Waals surface area contributed by atoms with Gasteiger partial charge in [0.2, 0.25) is 11.8 Å². The number of carbonyl (C=O) groups is 3. The molecule has 0 aliphatic heterocycles. The standard InChI is InChI=1S/C17H25N3O4/c1-2-14(12-7-4-3-5-8-12)20-15(21)9-6-10-19-17(24)13(18)11-16(22)23/h3-5,7-8,13-14H,2,6,9-11,18H2,1H3,(H,19,24)(H,20,21)(H,22,23)/t13?,14-/m0/s1. The van der Waals surface area contributed by atoms with E-state index >= 15 is 0 Å². The summed E-state index contributed by atoms with van der Waals surface area (Å²) in [6.07, 6.45) is 1.11. The van der Waals surface area contributed by atoms with Gasteiger partial charge in [-0.3, -0.25) is 14.4 Å². The van der Waals surface area contributed by atoms with Crippen molar-refractivity contribution in [1.29, 1.82) is 0 Å². The maximum atomic E-state index is 12.0. The Labute approximate surface area is 141 Å². The van der Waals surface area contributed by atoms with Crippen LogP contribution in [0.25, 0.3) is 0 Å². The lowest BCUT2D eigenvalue weighted by molar-refractivity contribution is -0.139. The van der Waals surface area contributed by atoms with Crippen LogP contribution in [0.15, 0.2) is 30.3 Å². The number of aliphatic carboxylic acids is 1. The van der Waals surface area contributed by atoms with Crippen molar-refractivity contribution in [3.8, 4) is 0 Å². The molecule has 0 bridgehead atoms. The summed E-state index contributed by atoms with van der Waals surface area (Å²) >= 11 is 0. The van der Waals surface area contributed by atoms with Crippen molar-refractivity contribution >= 4 is 17.8 Å². The van der Waals surface area contributed by atoms with Gasteiger partial charge in [0.1, 0.15) is 0 Å². The molecule has 0 spiro atoms. The van der Waals surface area contributed by atoms with Crippen molar-refractivity contribution in [2.45, 2.75) is 44.7 Å². The highest BCUT2D eigenvalue weighted by atomic mass is 16.4. The van der Waals surface area contributed by atoms with Gasteiger partial charge in [0, 0.05) is 13.0 Å². The summed E-state index contributed by atoms with van der Waals surface area (Å²) in [7, 11) is 0. The lowest BCUT2D eigenvalue weighted by Gasteiger charge is -2.17. The molecule has 0 radical (unpaired) electrons. The van der Waals surface area contributed by atoms with Gasteiger partial charge in [-0.2, -0.15) is 0 Å². The first-order valence-corrected chi connectivity index (χ1v) is 8.03. The first-order chi connectivity index (χ1) is 11.4. The largest absolute Gasteiger partial charge is 0.481 e. The third-order valence-electron chi connectivity index (χ3n) is 3.56. The number of nitrogens with two attached hydrogens (primary N) is 1. The van der Waals surface area contributed by atoms with Gasteiger partial charge in [-0.05, 0) is 18.4 Å². The molecule has 0 saturated heterocycles. The van der Waals surface area contributed by atoms with Gasteiger partial charge in [-0.15, -0.1) is 0 Å². The highest BCUT2D eigenvalue weighted by molar-refractivity contribution is 5.85. The molecule has 0 aliphatic carbocycles. The van der Waals surface area contributed by atoms with Crippen LogP contribution in [0.4, 0.5) is 0 Å². The van der Waals surface area contributed by atoms with E-state index in [0.717, 1.165) is 12.0 Å². The average molecular weight is 335 g/mol. The average Bonchev–Trinajstić information content (AvgIpc) is 2.56. The molecular formula is C17H25N3O4. The molecule has 0 aliphatic rings. The molecule has 2 amide bonds. The topological polar surface area (TPSA) is 122 Å². The second kappa shape index (κ2) is 10.4. The van der Waals surface area contributed by atoms with Crippen molar-refractivity contribution in [3.05, 3.63) is 35.9 Å². The lowest BCUT2D eigenvalue weighted by atomic mass is 10.0. The number of carboxylic acids is 1. The number of amides is 2. The normalized spacial score (nSPS) is 12.9. The molecule has 0 aromatic heterocycles. The number of hydrogen-bond acceptors (Lipinski definition) is 4. The van der Waals surface area contributed by atoms with Crippen LogP contribution < -0.4 is 16.4 Å². The predicted molar refractivity (Wildman–Crippen MR) is 90.1 cm³/mol. The summed E-state index contributed by atoms with van der Waals surface area (Å²) in [5, 5.41) is 14.1. The smallest absolute Gasteiger partial charge is 0.305 e. The minimum Gasteiger partial charge on any atom is -0.481 e. The van der Waals surface area contributed by atoms with Crippen molar-refractivity contribution in [2.24, 2.45) is 5.73 Å². The first kappa shape index (κ1) is 19.6. The fourth-order valence-electron chi connectivity index (χ4n) is 2.25. The quantitative estimate of drug-likeness (QED) is 0.474. The Bertz CT molecular complexity index is 548. The lowest BCUT2D eigenvalue weighted by Crippen LogP contribution is -2.42. The van der Waals surface area contributed by atoms with E-state index in [2.05, 4.69) is 10.6 Å². The molecule has 1 rings (SSSR count). The molecule has 1 aromatic rings. The Morgan fingerprint density at radius 3 is 2.46 bits per heavy atom. The Kier molecular flexibility index (Phi) is 8.49. The van der Waals surface area contributed by atoms with Gasteiger partial charge in [0.05, 0.1) is 18.5 Å². The van der Waals surface area contributed by atoms with Gasteiger partial charge >= 0.3 is 5.97 Å². The van der Waals surface area contributed by atoms with Crippen molar-refractivity contribution in [1.82, 2.24) is 10.6 Å². The number of nitrogens with one attached hydrogen (secondary N) is 2. The number of hydrogen-bond donors (Lipinski definition) is 4. The zero-order valence-corrected chi connectivity index (χ0v) is 13.8. The summed E-state index contributed by atoms with van der Waals surface area (Å²) in [5.41, 5.74) is 6.49. The Morgan fingerprint density at radius 2 is 1.88 bits per heavy atom. The van der Waals surface area contributed by atoms with Crippen LogP contribution >= 0.6 is 0 Å². The van der Waals surface area contributed by atoms with E-state index < -0.39 is 24.3 Å². The Hall–Kier alpha value is -2.41. The number of rotatable bonds is 10. The first-order valence-electron chi connectivity index (χ1n) is 8.03. The second-order valence-corrected chi connectivity index (χ2v) is 5.54. The van der Waals surface area contributed by atoms with E-state index in [1.807, 2.05) is 37.3 Å². The van der Waals surface area contributed by atoms with Gasteiger partial charge < -0.3 is 21.5 Å². The fraction of sp³-hybridized carbons (Fsp3) is 0.471. The Morgan fingerprint density at radius 1 is 1.21 bits per heavy atom. The summed E-state index contributed by atoms with van der Waals surface area (Å²) in [6, 6.07) is 8.63. The molecule has 0 fully saturated rings. The summed E-state index contributed by atoms with van der Waals surface area (Å²) in [6.45, 7) is 2.28. The van der Waals surface area contributed by atoms with Crippen LogP contribution in [0, 0.1) is 0 Å². The van der Waals surface area contributed by atoms with Crippen molar-refractivity contribution in [3.63, 3.8) is 0 Å². The zero-order valence-electron chi connectivity index (χ0n) is 13.8.